The smallest absolute Gasteiger partial charge is 0.304 e. The molecule has 0 bridgehead atoms. The summed E-state index contributed by atoms with van der Waals surface area (Å²) in [7, 11) is 0. The first-order valence-electron chi connectivity index (χ1n) is 5.22. The van der Waals surface area contributed by atoms with Crippen molar-refractivity contribution in [3.05, 3.63) is 22.6 Å². The van der Waals surface area contributed by atoms with Crippen molar-refractivity contribution >= 4 is 21.9 Å². The predicted octanol–water partition coefficient (Wildman–Crippen LogP) is 2.73. The van der Waals surface area contributed by atoms with Gasteiger partial charge < -0.3 is 9.52 Å². The van der Waals surface area contributed by atoms with E-state index in [0.29, 0.717) is 6.54 Å². The molecule has 0 amide bonds. The Morgan fingerprint density at radius 3 is 2.81 bits per heavy atom. The summed E-state index contributed by atoms with van der Waals surface area (Å²) in [6.45, 7) is 5.34. The molecule has 4 nitrogen and oxygen atoms in total. The van der Waals surface area contributed by atoms with Gasteiger partial charge >= 0.3 is 5.97 Å². The molecular weight excluding hydrogens is 274 g/mol. The molecule has 1 aromatic rings. The molecule has 1 unspecified atom stereocenters. The van der Waals surface area contributed by atoms with E-state index in [2.05, 4.69) is 20.8 Å². The molecule has 0 radical (unpaired) electrons. The zero-order chi connectivity index (χ0) is 12.1. The lowest BCUT2D eigenvalue weighted by Gasteiger charge is -2.25. The number of aliphatic carboxylic acids is 1. The van der Waals surface area contributed by atoms with Gasteiger partial charge in [0.25, 0.3) is 0 Å². The first-order chi connectivity index (χ1) is 7.54. The van der Waals surface area contributed by atoms with Crippen molar-refractivity contribution in [2.24, 2.45) is 0 Å². The molecule has 0 fully saturated rings. The second-order valence-corrected chi connectivity index (χ2v) is 4.56. The summed E-state index contributed by atoms with van der Waals surface area (Å²) in [4.78, 5) is 12.7. The van der Waals surface area contributed by atoms with E-state index in [1.54, 1.807) is 6.26 Å². The molecule has 1 atom stereocenters. The summed E-state index contributed by atoms with van der Waals surface area (Å²) in [5.41, 5.74) is 0. The van der Waals surface area contributed by atoms with Crippen LogP contribution in [0.15, 0.2) is 21.2 Å². The van der Waals surface area contributed by atoms with Crippen molar-refractivity contribution in [1.82, 2.24) is 4.90 Å². The molecule has 90 valence electrons. The van der Waals surface area contributed by atoms with E-state index < -0.39 is 5.97 Å². The zero-order valence-electron chi connectivity index (χ0n) is 9.44. The molecule has 16 heavy (non-hydrogen) atoms. The molecule has 1 aromatic heterocycles. The van der Waals surface area contributed by atoms with Gasteiger partial charge in [-0.15, -0.1) is 0 Å². The van der Waals surface area contributed by atoms with Crippen LogP contribution in [0.3, 0.4) is 0 Å². The molecule has 0 aliphatic heterocycles. The summed E-state index contributed by atoms with van der Waals surface area (Å²) in [6.07, 6.45) is 1.77. The maximum absolute atomic E-state index is 10.6. The molecule has 0 aromatic carbocycles. The van der Waals surface area contributed by atoms with Gasteiger partial charge in [-0.1, -0.05) is 6.92 Å². The lowest BCUT2D eigenvalue weighted by atomic mass is 10.2. The van der Waals surface area contributed by atoms with Gasteiger partial charge in [0.1, 0.15) is 5.76 Å². The van der Waals surface area contributed by atoms with Gasteiger partial charge in [0.15, 0.2) is 0 Å². The molecule has 0 aliphatic rings. The molecule has 0 saturated heterocycles. The van der Waals surface area contributed by atoms with Crippen LogP contribution in [0.1, 0.15) is 26.0 Å². The van der Waals surface area contributed by atoms with Crippen LogP contribution >= 0.6 is 15.9 Å². The Bertz CT molecular complexity index is 351. The van der Waals surface area contributed by atoms with E-state index in [4.69, 9.17) is 9.52 Å². The first kappa shape index (κ1) is 13.3. The predicted molar refractivity (Wildman–Crippen MR) is 64.2 cm³/mol. The highest BCUT2D eigenvalue weighted by Crippen LogP contribution is 2.20. The van der Waals surface area contributed by atoms with Crippen LogP contribution in [0.4, 0.5) is 0 Å². The average Bonchev–Trinajstić information content (AvgIpc) is 2.59. The van der Waals surface area contributed by atoms with Crippen molar-refractivity contribution in [2.75, 3.05) is 6.54 Å². The fourth-order valence-electron chi connectivity index (χ4n) is 1.58. The largest absolute Gasteiger partial charge is 0.481 e. The van der Waals surface area contributed by atoms with Crippen molar-refractivity contribution in [3.63, 3.8) is 0 Å². The second kappa shape index (κ2) is 6.06. The third-order valence-corrected chi connectivity index (χ3v) is 3.24. The van der Waals surface area contributed by atoms with Crippen LogP contribution in [0, 0.1) is 0 Å². The number of carboxylic acid groups (broad SMARTS) is 1. The monoisotopic (exact) mass is 289 g/mol. The summed E-state index contributed by atoms with van der Waals surface area (Å²) in [5.74, 6) is 0.0588. The topological polar surface area (TPSA) is 53.7 Å². The van der Waals surface area contributed by atoms with E-state index in [1.165, 1.54) is 0 Å². The Morgan fingerprint density at radius 2 is 2.38 bits per heavy atom. The number of hydrogen-bond acceptors (Lipinski definition) is 3. The van der Waals surface area contributed by atoms with Gasteiger partial charge in [0, 0.05) is 6.04 Å². The summed E-state index contributed by atoms with van der Waals surface area (Å²) < 4.78 is 6.24. The minimum Gasteiger partial charge on any atom is -0.481 e. The second-order valence-electron chi connectivity index (χ2n) is 3.70. The lowest BCUT2D eigenvalue weighted by Crippen LogP contribution is -2.34. The van der Waals surface area contributed by atoms with Crippen LogP contribution in [0.2, 0.25) is 0 Å². The Morgan fingerprint density at radius 1 is 1.69 bits per heavy atom. The molecule has 1 rings (SSSR count). The Hall–Kier alpha value is -0.810. The molecule has 1 heterocycles. The molecule has 0 spiro atoms. The molecular formula is C11H16BrNO3. The van der Waals surface area contributed by atoms with Gasteiger partial charge in [-0.3, -0.25) is 9.69 Å². The number of furan rings is 1. The number of rotatable bonds is 6. The lowest BCUT2D eigenvalue weighted by molar-refractivity contribution is -0.138. The Labute approximate surface area is 103 Å². The maximum Gasteiger partial charge on any atom is 0.304 e. The minimum absolute atomic E-state index is 0.000463. The van der Waals surface area contributed by atoms with Crippen molar-refractivity contribution in [1.29, 1.82) is 0 Å². The van der Waals surface area contributed by atoms with Crippen molar-refractivity contribution in [2.45, 2.75) is 32.9 Å². The number of carboxylic acids is 1. The average molecular weight is 290 g/mol. The molecule has 0 saturated carbocycles. The summed E-state index contributed by atoms with van der Waals surface area (Å²) in [6, 6.07) is 1.84. The Kier molecular flexibility index (Phi) is 5.02. The minimum atomic E-state index is -0.774. The van der Waals surface area contributed by atoms with E-state index in [1.807, 2.05) is 19.9 Å². The molecule has 5 heteroatoms. The molecule has 0 aliphatic carbocycles. The number of hydrogen-bond donors (Lipinski definition) is 1. The van der Waals surface area contributed by atoms with Crippen molar-refractivity contribution in [3.8, 4) is 0 Å². The van der Waals surface area contributed by atoms with Crippen molar-refractivity contribution < 1.29 is 14.3 Å². The van der Waals surface area contributed by atoms with E-state index in [-0.39, 0.29) is 12.5 Å². The highest BCUT2D eigenvalue weighted by molar-refractivity contribution is 9.10. The number of halogens is 1. The molecule has 1 N–H and O–H groups in total. The summed E-state index contributed by atoms with van der Waals surface area (Å²) >= 11 is 3.39. The van der Waals surface area contributed by atoms with Crippen LogP contribution < -0.4 is 0 Å². The van der Waals surface area contributed by atoms with Gasteiger partial charge in [-0.2, -0.15) is 0 Å². The quantitative estimate of drug-likeness (QED) is 0.875. The maximum atomic E-state index is 10.6. The normalized spacial score (nSPS) is 13.0. The zero-order valence-corrected chi connectivity index (χ0v) is 11.0. The van der Waals surface area contributed by atoms with Crippen LogP contribution in [-0.2, 0) is 11.3 Å². The number of nitrogens with zero attached hydrogens (tertiary/aromatic N) is 1. The van der Waals surface area contributed by atoms with Gasteiger partial charge in [-0.25, -0.2) is 0 Å². The van der Waals surface area contributed by atoms with Gasteiger partial charge in [-0.05, 0) is 35.5 Å². The fourth-order valence-corrected chi connectivity index (χ4v) is 1.91. The SMILES string of the molecule is CCN(Cc1occc1Br)C(C)CC(=O)O. The van der Waals surface area contributed by atoms with E-state index in [9.17, 15) is 4.79 Å². The van der Waals surface area contributed by atoms with Crippen LogP contribution in [0.5, 0.6) is 0 Å². The van der Waals surface area contributed by atoms with E-state index in [0.717, 1.165) is 16.8 Å². The fraction of sp³-hybridized carbons (Fsp3) is 0.545. The van der Waals surface area contributed by atoms with Crippen LogP contribution in [-0.4, -0.2) is 28.6 Å². The summed E-state index contributed by atoms with van der Waals surface area (Å²) in [5, 5.41) is 8.75. The van der Waals surface area contributed by atoms with Gasteiger partial charge in [0.2, 0.25) is 0 Å². The highest BCUT2D eigenvalue weighted by atomic mass is 79.9. The first-order valence-corrected chi connectivity index (χ1v) is 6.01. The highest BCUT2D eigenvalue weighted by Gasteiger charge is 2.17. The third-order valence-electron chi connectivity index (χ3n) is 2.54. The number of carbonyl (C=O) groups is 1. The van der Waals surface area contributed by atoms with Gasteiger partial charge in [0.05, 0.1) is 23.7 Å². The third kappa shape index (κ3) is 3.64. The van der Waals surface area contributed by atoms with E-state index >= 15 is 0 Å². The Balaban J connectivity index is 2.61. The standard InChI is InChI=1S/C11H16BrNO3/c1-3-13(8(2)6-11(14)15)7-10-9(12)4-5-16-10/h4-5,8H,3,6-7H2,1-2H3,(H,14,15). The van der Waals surface area contributed by atoms with Crippen LogP contribution in [0.25, 0.3) is 0 Å².